The number of aliphatic hydroxyl groups is 1. The second-order valence-corrected chi connectivity index (χ2v) is 8.12. The number of aromatic nitrogens is 2. The molecule has 3 nitrogen and oxygen atoms in total. The van der Waals surface area contributed by atoms with E-state index < -0.39 is 0 Å². The highest BCUT2D eigenvalue weighted by molar-refractivity contribution is 9.10. The number of rotatable bonds is 5. The summed E-state index contributed by atoms with van der Waals surface area (Å²) in [4.78, 5) is 6.78. The standard InChI is InChI=1S/C20H18Br2N2O/c21-12-3-5-19-15(8-12)17(10-23-19)14(2-1-7-25)18-11-24-20-6-4-13(22)9-16(18)20/h3-6,8-11,14,23-25H,1-2,7H2. The first-order chi connectivity index (χ1) is 12.2. The zero-order valence-corrected chi connectivity index (χ0v) is 16.7. The van der Waals surface area contributed by atoms with Crippen molar-refractivity contribution in [2.45, 2.75) is 18.8 Å². The van der Waals surface area contributed by atoms with Crippen LogP contribution in [0.4, 0.5) is 0 Å². The number of hydrogen-bond acceptors (Lipinski definition) is 1. The van der Waals surface area contributed by atoms with Crippen LogP contribution >= 0.6 is 31.9 Å². The van der Waals surface area contributed by atoms with E-state index in [9.17, 15) is 5.11 Å². The quantitative estimate of drug-likeness (QED) is 0.331. The summed E-state index contributed by atoms with van der Waals surface area (Å²) in [5, 5.41) is 11.8. The fourth-order valence-corrected chi connectivity index (χ4v) is 4.30. The number of halogens is 2. The predicted molar refractivity (Wildman–Crippen MR) is 110 cm³/mol. The van der Waals surface area contributed by atoms with Crippen LogP contribution in [-0.2, 0) is 0 Å². The third kappa shape index (κ3) is 3.16. The molecule has 0 aliphatic carbocycles. The number of aliphatic hydroxyl groups excluding tert-OH is 1. The zero-order chi connectivity index (χ0) is 17.4. The number of nitrogens with one attached hydrogen (secondary N) is 2. The summed E-state index contributed by atoms with van der Waals surface area (Å²) in [6.45, 7) is 0.203. The summed E-state index contributed by atoms with van der Waals surface area (Å²) in [6, 6.07) is 12.6. The first kappa shape index (κ1) is 16.9. The molecule has 0 aliphatic rings. The minimum atomic E-state index is 0.203. The highest BCUT2D eigenvalue weighted by atomic mass is 79.9. The fourth-order valence-electron chi connectivity index (χ4n) is 3.58. The molecular formula is C20H18Br2N2O. The molecule has 0 radical (unpaired) electrons. The van der Waals surface area contributed by atoms with E-state index in [1.165, 1.54) is 21.9 Å². The van der Waals surface area contributed by atoms with Crippen molar-refractivity contribution < 1.29 is 5.11 Å². The van der Waals surface area contributed by atoms with Gasteiger partial charge in [-0.2, -0.15) is 0 Å². The molecule has 4 aromatic rings. The molecule has 2 aromatic heterocycles. The van der Waals surface area contributed by atoms with Crippen LogP contribution in [0.5, 0.6) is 0 Å². The van der Waals surface area contributed by atoms with Crippen molar-refractivity contribution in [1.29, 1.82) is 0 Å². The monoisotopic (exact) mass is 460 g/mol. The van der Waals surface area contributed by atoms with Gasteiger partial charge >= 0.3 is 0 Å². The van der Waals surface area contributed by atoms with E-state index in [0.29, 0.717) is 0 Å². The number of fused-ring (bicyclic) bond motifs is 2. The van der Waals surface area contributed by atoms with Gasteiger partial charge in [0.05, 0.1) is 0 Å². The Bertz CT molecular complexity index is 955. The highest BCUT2D eigenvalue weighted by Crippen LogP contribution is 2.38. The summed E-state index contributed by atoms with van der Waals surface area (Å²) >= 11 is 7.17. The van der Waals surface area contributed by atoms with Gasteiger partial charge in [0.1, 0.15) is 0 Å². The minimum absolute atomic E-state index is 0.203. The van der Waals surface area contributed by atoms with Gasteiger partial charge in [0.25, 0.3) is 0 Å². The Hall–Kier alpha value is -1.56. The van der Waals surface area contributed by atoms with Crippen molar-refractivity contribution in [2.24, 2.45) is 0 Å². The van der Waals surface area contributed by atoms with Crippen LogP contribution in [0.25, 0.3) is 21.8 Å². The van der Waals surface area contributed by atoms with Crippen molar-refractivity contribution in [2.75, 3.05) is 6.61 Å². The van der Waals surface area contributed by atoms with Gasteiger partial charge in [-0.1, -0.05) is 31.9 Å². The molecule has 2 aromatic carbocycles. The molecule has 0 saturated heterocycles. The lowest BCUT2D eigenvalue weighted by atomic mass is 9.87. The van der Waals surface area contributed by atoms with Gasteiger partial charge < -0.3 is 15.1 Å². The van der Waals surface area contributed by atoms with Gasteiger partial charge in [-0.05, 0) is 60.4 Å². The van der Waals surface area contributed by atoms with E-state index in [1.54, 1.807) is 0 Å². The first-order valence-electron chi connectivity index (χ1n) is 8.31. The van der Waals surface area contributed by atoms with E-state index in [1.807, 2.05) is 12.1 Å². The lowest BCUT2D eigenvalue weighted by Gasteiger charge is -2.16. The molecule has 0 fully saturated rings. The van der Waals surface area contributed by atoms with Gasteiger partial charge in [0.15, 0.2) is 0 Å². The summed E-state index contributed by atoms with van der Waals surface area (Å²) in [6.07, 6.45) is 5.88. The summed E-state index contributed by atoms with van der Waals surface area (Å²) in [5.74, 6) is 0.221. The maximum Gasteiger partial charge on any atom is 0.0457 e. The van der Waals surface area contributed by atoms with Crippen LogP contribution < -0.4 is 0 Å². The Kier molecular flexibility index (Phi) is 4.71. The molecule has 0 spiro atoms. The number of benzene rings is 2. The van der Waals surface area contributed by atoms with Crippen LogP contribution in [-0.4, -0.2) is 21.7 Å². The van der Waals surface area contributed by atoms with E-state index in [-0.39, 0.29) is 12.5 Å². The number of H-pyrrole nitrogens is 2. The molecule has 3 N–H and O–H groups in total. The Balaban J connectivity index is 1.89. The fraction of sp³-hybridized carbons (Fsp3) is 0.200. The number of hydrogen-bond donors (Lipinski definition) is 3. The van der Waals surface area contributed by atoms with Crippen LogP contribution in [0.3, 0.4) is 0 Å². The van der Waals surface area contributed by atoms with Crippen LogP contribution in [0.2, 0.25) is 0 Å². The topological polar surface area (TPSA) is 51.8 Å². The van der Waals surface area contributed by atoms with Crippen LogP contribution in [0.1, 0.15) is 29.9 Å². The van der Waals surface area contributed by atoms with E-state index >= 15 is 0 Å². The third-order valence-electron chi connectivity index (χ3n) is 4.75. The van der Waals surface area contributed by atoms with Gasteiger partial charge in [0.2, 0.25) is 0 Å². The molecule has 128 valence electrons. The lowest BCUT2D eigenvalue weighted by molar-refractivity contribution is 0.282. The Morgan fingerprint density at radius 3 is 1.84 bits per heavy atom. The molecule has 0 bridgehead atoms. The molecule has 4 rings (SSSR count). The minimum Gasteiger partial charge on any atom is -0.396 e. The van der Waals surface area contributed by atoms with Crippen molar-refractivity contribution >= 4 is 53.7 Å². The maximum atomic E-state index is 9.39. The Labute approximate surface area is 162 Å². The Morgan fingerprint density at radius 2 is 1.36 bits per heavy atom. The third-order valence-corrected chi connectivity index (χ3v) is 5.74. The molecule has 0 saturated carbocycles. The van der Waals surface area contributed by atoms with Gasteiger partial charge in [-0.15, -0.1) is 0 Å². The van der Waals surface area contributed by atoms with Crippen LogP contribution in [0, 0.1) is 0 Å². The van der Waals surface area contributed by atoms with E-state index in [0.717, 1.165) is 32.8 Å². The average Bonchev–Trinajstić information content (AvgIpc) is 3.20. The number of aromatic amines is 2. The Morgan fingerprint density at radius 1 is 0.840 bits per heavy atom. The summed E-state index contributed by atoms with van der Waals surface area (Å²) in [5.41, 5.74) is 4.80. The van der Waals surface area contributed by atoms with Crippen LogP contribution in [0.15, 0.2) is 57.7 Å². The normalized spacial score (nSPS) is 11.8. The van der Waals surface area contributed by atoms with Gasteiger partial charge in [0, 0.05) is 55.7 Å². The van der Waals surface area contributed by atoms with Gasteiger partial charge in [-0.25, -0.2) is 0 Å². The first-order valence-corrected chi connectivity index (χ1v) is 9.90. The van der Waals surface area contributed by atoms with Gasteiger partial charge in [-0.3, -0.25) is 0 Å². The molecule has 2 heterocycles. The average molecular weight is 462 g/mol. The SMILES string of the molecule is OCCCC(c1c[nH]c2ccc(Br)cc12)c1c[nH]c2ccc(Br)cc12. The molecule has 25 heavy (non-hydrogen) atoms. The molecule has 0 unspecified atom stereocenters. The maximum absolute atomic E-state index is 9.39. The lowest BCUT2D eigenvalue weighted by Crippen LogP contribution is -2.01. The zero-order valence-electron chi connectivity index (χ0n) is 13.5. The molecule has 0 aliphatic heterocycles. The van der Waals surface area contributed by atoms with Crippen molar-refractivity contribution in [3.8, 4) is 0 Å². The molecular weight excluding hydrogens is 444 g/mol. The second-order valence-electron chi connectivity index (χ2n) is 6.29. The van der Waals surface area contributed by atoms with E-state index in [4.69, 9.17) is 0 Å². The largest absolute Gasteiger partial charge is 0.396 e. The summed E-state index contributed by atoms with van der Waals surface area (Å²) in [7, 11) is 0. The van der Waals surface area contributed by atoms with Crippen molar-refractivity contribution in [3.05, 3.63) is 68.9 Å². The van der Waals surface area contributed by atoms with Crippen molar-refractivity contribution in [3.63, 3.8) is 0 Å². The highest BCUT2D eigenvalue weighted by Gasteiger charge is 2.21. The smallest absolute Gasteiger partial charge is 0.0457 e. The molecule has 5 heteroatoms. The predicted octanol–water partition coefficient (Wildman–Crippen LogP) is 6.08. The van der Waals surface area contributed by atoms with Crippen molar-refractivity contribution in [1.82, 2.24) is 9.97 Å². The van der Waals surface area contributed by atoms with E-state index in [2.05, 4.69) is 78.5 Å². The second kappa shape index (κ2) is 6.98. The molecule has 0 atom stereocenters. The summed E-state index contributed by atoms with van der Waals surface area (Å²) < 4.78 is 2.15. The molecule has 0 amide bonds.